The Kier molecular flexibility index (Phi) is 3.14. The topological polar surface area (TPSA) is 35.8 Å². The fraction of sp³-hybridized carbons (Fsp3) is 0.267. The molecule has 1 fully saturated rings. The first kappa shape index (κ1) is 11.5. The van der Waals surface area contributed by atoms with Gasteiger partial charge in [0.15, 0.2) is 0 Å². The van der Waals surface area contributed by atoms with Crippen LogP contribution in [0.1, 0.15) is 27.7 Å². The largest absolute Gasteiger partial charge is 0.308 e. The summed E-state index contributed by atoms with van der Waals surface area (Å²) in [7, 11) is 0. The van der Waals surface area contributed by atoms with Gasteiger partial charge in [0, 0.05) is 23.4 Å². The minimum absolute atomic E-state index is 0.597. The fourth-order valence-electron chi connectivity index (χ4n) is 2.25. The molecule has 0 aliphatic heterocycles. The predicted molar refractivity (Wildman–Crippen MR) is 73.5 cm³/mol. The number of rotatable bonds is 4. The van der Waals surface area contributed by atoms with Gasteiger partial charge in [-0.25, -0.2) is 0 Å². The zero-order valence-corrected chi connectivity index (χ0v) is 10.8. The van der Waals surface area contributed by atoms with Crippen LogP contribution < -0.4 is 5.32 Å². The third kappa shape index (κ3) is 2.45. The standard InChI is InChI=1S/C15H14N2S/c16-9-12-6-7-13(18-12)10-17-15-8-14(15)11-4-2-1-3-5-11/h1-7,14-15,17H,8,10H2. The normalized spacial score (nSPS) is 21.5. The molecule has 1 aliphatic carbocycles. The Morgan fingerprint density at radius 3 is 2.78 bits per heavy atom. The third-order valence-corrected chi connectivity index (χ3v) is 4.32. The van der Waals surface area contributed by atoms with E-state index in [4.69, 9.17) is 5.26 Å². The van der Waals surface area contributed by atoms with Crippen LogP contribution >= 0.6 is 11.3 Å². The first-order valence-electron chi connectivity index (χ1n) is 6.14. The molecule has 2 atom stereocenters. The van der Waals surface area contributed by atoms with Gasteiger partial charge < -0.3 is 5.32 Å². The van der Waals surface area contributed by atoms with Crippen LogP contribution in [0.2, 0.25) is 0 Å². The highest BCUT2D eigenvalue weighted by Crippen LogP contribution is 2.40. The summed E-state index contributed by atoms with van der Waals surface area (Å²) in [5.41, 5.74) is 1.43. The number of thiophene rings is 1. The maximum Gasteiger partial charge on any atom is 0.110 e. The van der Waals surface area contributed by atoms with E-state index >= 15 is 0 Å². The molecule has 0 radical (unpaired) electrons. The number of benzene rings is 1. The van der Waals surface area contributed by atoms with Crippen molar-refractivity contribution in [3.8, 4) is 6.07 Å². The maximum absolute atomic E-state index is 8.77. The van der Waals surface area contributed by atoms with E-state index in [2.05, 4.69) is 41.7 Å². The predicted octanol–water partition coefficient (Wildman–Crippen LogP) is 3.27. The molecule has 1 aromatic carbocycles. The smallest absolute Gasteiger partial charge is 0.110 e. The fourth-order valence-corrected chi connectivity index (χ4v) is 3.01. The van der Waals surface area contributed by atoms with Crippen molar-refractivity contribution in [2.75, 3.05) is 0 Å². The molecule has 1 aliphatic rings. The molecule has 0 amide bonds. The van der Waals surface area contributed by atoms with Crippen molar-refractivity contribution in [1.29, 1.82) is 5.26 Å². The molecule has 2 unspecified atom stereocenters. The molecule has 18 heavy (non-hydrogen) atoms. The lowest BCUT2D eigenvalue weighted by Crippen LogP contribution is -2.16. The lowest BCUT2D eigenvalue weighted by molar-refractivity contribution is 0.679. The van der Waals surface area contributed by atoms with E-state index in [1.165, 1.54) is 16.9 Å². The number of nitrogens with zero attached hydrogens (tertiary/aromatic N) is 1. The first-order valence-corrected chi connectivity index (χ1v) is 6.95. The van der Waals surface area contributed by atoms with E-state index < -0.39 is 0 Å². The van der Waals surface area contributed by atoms with Gasteiger partial charge in [0.25, 0.3) is 0 Å². The van der Waals surface area contributed by atoms with Crippen LogP contribution in [0.25, 0.3) is 0 Å². The second-order valence-corrected chi connectivity index (χ2v) is 5.79. The van der Waals surface area contributed by atoms with E-state index in [0.29, 0.717) is 12.0 Å². The van der Waals surface area contributed by atoms with Gasteiger partial charge in [0.1, 0.15) is 10.9 Å². The Labute approximate surface area is 111 Å². The second kappa shape index (κ2) is 4.93. The Morgan fingerprint density at radius 2 is 2.06 bits per heavy atom. The van der Waals surface area contributed by atoms with Crippen LogP contribution in [0.15, 0.2) is 42.5 Å². The molecule has 90 valence electrons. The van der Waals surface area contributed by atoms with Crippen LogP contribution in [0.4, 0.5) is 0 Å². The molecule has 1 aromatic heterocycles. The molecule has 0 saturated heterocycles. The first-order chi connectivity index (χ1) is 8.86. The van der Waals surface area contributed by atoms with Gasteiger partial charge in [0.2, 0.25) is 0 Å². The summed E-state index contributed by atoms with van der Waals surface area (Å²) in [6.07, 6.45) is 1.22. The quantitative estimate of drug-likeness (QED) is 0.909. The minimum atomic E-state index is 0.597. The Morgan fingerprint density at radius 1 is 1.22 bits per heavy atom. The van der Waals surface area contributed by atoms with E-state index in [0.717, 1.165) is 11.4 Å². The van der Waals surface area contributed by atoms with Crippen molar-refractivity contribution >= 4 is 11.3 Å². The van der Waals surface area contributed by atoms with Crippen molar-refractivity contribution in [3.63, 3.8) is 0 Å². The van der Waals surface area contributed by atoms with E-state index in [-0.39, 0.29) is 0 Å². The number of hydrogen-bond acceptors (Lipinski definition) is 3. The van der Waals surface area contributed by atoms with E-state index in [1.807, 2.05) is 12.1 Å². The third-order valence-electron chi connectivity index (χ3n) is 3.33. The monoisotopic (exact) mass is 254 g/mol. The summed E-state index contributed by atoms with van der Waals surface area (Å²) in [4.78, 5) is 2.03. The summed E-state index contributed by atoms with van der Waals surface area (Å²) < 4.78 is 0. The zero-order valence-electron chi connectivity index (χ0n) is 9.97. The lowest BCUT2D eigenvalue weighted by atomic mass is 10.1. The summed E-state index contributed by atoms with van der Waals surface area (Å²) in [5.74, 6) is 0.668. The van der Waals surface area contributed by atoms with Crippen LogP contribution in [0, 0.1) is 11.3 Å². The minimum Gasteiger partial charge on any atom is -0.308 e. The number of nitriles is 1. The maximum atomic E-state index is 8.77. The van der Waals surface area contributed by atoms with Gasteiger partial charge in [0.05, 0.1) is 0 Å². The highest BCUT2D eigenvalue weighted by atomic mass is 32.1. The van der Waals surface area contributed by atoms with Crippen molar-refractivity contribution in [3.05, 3.63) is 57.8 Å². The number of nitrogens with one attached hydrogen (secondary N) is 1. The van der Waals surface area contributed by atoms with Crippen molar-refractivity contribution in [1.82, 2.24) is 5.32 Å². The Balaban J connectivity index is 1.53. The molecule has 0 spiro atoms. The summed E-state index contributed by atoms with van der Waals surface area (Å²) in [5, 5.41) is 12.3. The van der Waals surface area contributed by atoms with Gasteiger partial charge in [-0.1, -0.05) is 30.3 Å². The van der Waals surface area contributed by atoms with Gasteiger partial charge in [-0.05, 0) is 24.1 Å². The molecule has 3 rings (SSSR count). The summed E-state index contributed by atoms with van der Waals surface area (Å²) >= 11 is 1.58. The van der Waals surface area contributed by atoms with Gasteiger partial charge in [-0.3, -0.25) is 0 Å². The molecule has 3 heteroatoms. The SMILES string of the molecule is N#Cc1ccc(CNC2CC2c2ccccc2)s1. The van der Waals surface area contributed by atoms with Gasteiger partial charge in [-0.15, -0.1) is 11.3 Å². The molecule has 1 saturated carbocycles. The molecular weight excluding hydrogens is 240 g/mol. The average Bonchev–Trinajstić information content (AvgIpc) is 3.06. The van der Waals surface area contributed by atoms with Crippen molar-refractivity contribution < 1.29 is 0 Å². The molecule has 0 bridgehead atoms. The highest BCUT2D eigenvalue weighted by molar-refractivity contribution is 7.12. The van der Waals surface area contributed by atoms with Crippen molar-refractivity contribution in [2.45, 2.75) is 24.9 Å². The Hall–Kier alpha value is -1.63. The number of hydrogen-bond donors (Lipinski definition) is 1. The highest BCUT2D eigenvalue weighted by Gasteiger charge is 2.37. The summed E-state index contributed by atoms with van der Waals surface area (Å²) in [6.45, 7) is 0.875. The van der Waals surface area contributed by atoms with E-state index in [1.54, 1.807) is 11.3 Å². The zero-order chi connectivity index (χ0) is 12.4. The average molecular weight is 254 g/mol. The van der Waals surface area contributed by atoms with Crippen LogP contribution in [-0.2, 0) is 6.54 Å². The van der Waals surface area contributed by atoms with Crippen LogP contribution in [-0.4, -0.2) is 6.04 Å². The molecule has 1 N–H and O–H groups in total. The lowest BCUT2D eigenvalue weighted by Gasteiger charge is -2.02. The molecule has 2 nitrogen and oxygen atoms in total. The molecule has 1 heterocycles. The summed E-state index contributed by atoms with van der Waals surface area (Å²) in [6, 6.07) is 17.4. The van der Waals surface area contributed by atoms with Crippen LogP contribution in [0.5, 0.6) is 0 Å². The Bertz CT molecular complexity index is 568. The van der Waals surface area contributed by atoms with Gasteiger partial charge >= 0.3 is 0 Å². The van der Waals surface area contributed by atoms with E-state index in [9.17, 15) is 0 Å². The van der Waals surface area contributed by atoms with Crippen LogP contribution in [0.3, 0.4) is 0 Å². The van der Waals surface area contributed by atoms with Crippen molar-refractivity contribution in [2.24, 2.45) is 0 Å². The molecule has 2 aromatic rings. The molecular formula is C15H14N2S. The second-order valence-electron chi connectivity index (χ2n) is 4.62. The van der Waals surface area contributed by atoms with Gasteiger partial charge in [-0.2, -0.15) is 5.26 Å².